The highest BCUT2D eigenvalue weighted by atomic mass is 127. The van der Waals surface area contributed by atoms with Crippen molar-refractivity contribution in [2.45, 2.75) is 20.0 Å². The first-order chi connectivity index (χ1) is 7.69. The zero-order valence-electron chi connectivity index (χ0n) is 10.1. The quantitative estimate of drug-likeness (QED) is 0.581. The molecular formula is C13H19IO2. The number of hydrogen-bond donors (Lipinski definition) is 0. The standard InChI is InChI=1S/C13H19IO2/c1-10(2)9-16-13(8-14)11-6-4-5-7-12(11)15-3/h4-7,10,13H,8-9H2,1-3H3. The van der Waals surface area contributed by atoms with Crippen LogP contribution >= 0.6 is 22.6 Å². The van der Waals surface area contributed by atoms with Gasteiger partial charge < -0.3 is 9.47 Å². The van der Waals surface area contributed by atoms with Crippen LogP contribution in [-0.4, -0.2) is 18.1 Å². The topological polar surface area (TPSA) is 18.5 Å². The van der Waals surface area contributed by atoms with E-state index in [0.29, 0.717) is 5.92 Å². The molecular weight excluding hydrogens is 315 g/mol. The molecule has 0 saturated carbocycles. The molecule has 2 nitrogen and oxygen atoms in total. The number of halogens is 1. The van der Waals surface area contributed by atoms with Crippen LogP contribution in [-0.2, 0) is 4.74 Å². The van der Waals surface area contributed by atoms with Gasteiger partial charge >= 0.3 is 0 Å². The van der Waals surface area contributed by atoms with Crippen molar-refractivity contribution in [3.05, 3.63) is 29.8 Å². The smallest absolute Gasteiger partial charge is 0.124 e. The van der Waals surface area contributed by atoms with Crippen molar-refractivity contribution in [3.63, 3.8) is 0 Å². The van der Waals surface area contributed by atoms with Gasteiger partial charge in [-0.2, -0.15) is 0 Å². The molecule has 0 spiro atoms. The Morgan fingerprint density at radius 2 is 1.94 bits per heavy atom. The molecule has 0 heterocycles. The van der Waals surface area contributed by atoms with Gasteiger partial charge in [-0.05, 0) is 12.0 Å². The molecule has 16 heavy (non-hydrogen) atoms. The van der Waals surface area contributed by atoms with Crippen molar-refractivity contribution in [2.24, 2.45) is 5.92 Å². The molecule has 1 unspecified atom stereocenters. The van der Waals surface area contributed by atoms with E-state index in [2.05, 4.69) is 42.5 Å². The van der Waals surface area contributed by atoms with Crippen LogP contribution in [0.2, 0.25) is 0 Å². The number of benzene rings is 1. The Bertz CT molecular complexity index is 313. The number of ether oxygens (including phenoxy) is 2. The summed E-state index contributed by atoms with van der Waals surface area (Å²) in [6.07, 6.45) is 0.124. The molecule has 1 aromatic carbocycles. The van der Waals surface area contributed by atoms with E-state index in [1.165, 1.54) is 0 Å². The van der Waals surface area contributed by atoms with Gasteiger partial charge in [0.05, 0.1) is 13.2 Å². The summed E-state index contributed by atoms with van der Waals surface area (Å²) in [6, 6.07) is 8.06. The maximum absolute atomic E-state index is 5.89. The largest absolute Gasteiger partial charge is 0.496 e. The van der Waals surface area contributed by atoms with Gasteiger partial charge in [-0.3, -0.25) is 0 Å². The highest BCUT2D eigenvalue weighted by Gasteiger charge is 2.15. The second-order valence-electron chi connectivity index (χ2n) is 4.11. The third kappa shape index (κ3) is 3.94. The monoisotopic (exact) mass is 334 g/mol. The molecule has 0 amide bonds. The van der Waals surface area contributed by atoms with E-state index in [9.17, 15) is 0 Å². The highest BCUT2D eigenvalue weighted by Crippen LogP contribution is 2.29. The number of hydrogen-bond acceptors (Lipinski definition) is 2. The van der Waals surface area contributed by atoms with Crippen molar-refractivity contribution in [1.82, 2.24) is 0 Å². The molecule has 0 aliphatic carbocycles. The second kappa shape index (κ2) is 7.12. The SMILES string of the molecule is COc1ccccc1C(CI)OCC(C)C. The van der Waals surface area contributed by atoms with Crippen LogP contribution in [0.4, 0.5) is 0 Å². The maximum Gasteiger partial charge on any atom is 0.124 e. The third-order valence-corrected chi connectivity index (χ3v) is 3.06. The Morgan fingerprint density at radius 1 is 1.25 bits per heavy atom. The highest BCUT2D eigenvalue weighted by molar-refractivity contribution is 14.1. The fourth-order valence-corrected chi connectivity index (χ4v) is 2.19. The Labute approximate surface area is 111 Å². The number of methoxy groups -OCH3 is 1. The van der Waals surface area contributed by atoms with Crippen LogP contribution in [0.3, 0.4) is 0 Å². The fourth-order valence-electron chi connectivity index (χ4n) is 1.46. The van der Waals surface area contributed by atoms with E-state index < -0.39 is 0 Å². The maximum atomic E-state index is 5.89. The third-order valence-electron chi connectivity index (χ3n) is 2.26. The minimum atomic E-state index is 0.124. The molecule has 0 aliphatic rings. The number of rotatable bonds is 6. The van der Waals surface area contributed by atoms with E-state index in [4.69, 9.17) is 9.47 Å². The Morgan fingerprint density at radius 3 is 2.50 bits per heavy atom. The molecule has 3 heteroatoms. The van der Waals surface area contributed by atoms with Gasteiger partial charge in [0.15, 0.2) is 0 Å². The minimum Gasteiger partial charge on any atom is -0.496 e. The first-order valence-electron chi connectivity index (χ1n) is 5.49. The summed E-state index contributed by atoms with van der Waals surface area (Å²) in [5.41, 5.74) is 1.14. The normalized spacial score (nSPS) is 12.8. The molecule has 1 rings (SSSR count). The van der Waals surface area contributed by atoms with E-state index in [1.54, 1.807) is 7.11 Å². The van der Waals surface area contributed by atoms with Crippen LogP contribution in [0.5, 0.6) is 5.75 Å². The first-order valence-corrected chi connectivity index (χ1v) is 7.02. The summed E-state index contributed by atoms with van der Waals surface area (Å²) in [6.45, 7) is 5.10. The van der Waals surface area contributed by atoms with E-state index >= 15 is 0 Å². The van der Waals surface area contributed by atoms with Crippen LogP contribution in [0.15, 0.2) is 24.3 Å². The molecule has 0 aliphatic heterocycles. The van der Waals surface area contributed by atoms with Crippen molar-refractivity contribution in [3.8, 4) is 5.75 Å². The Kier molecular flexibility index (Phi) is 6.13. The van der Waals surface area contributed by atoms with Gasteiger partial charge in [0.25, 0.3) is 0 Å². The molecule has 0 radical (unpaired) electrons. The molecule has 1 atom stereocenters. The van der Waals surface area contributed by atoms with Crippen LogP contribution in [0.25, 0.3) is 0 Å². The molecule has 0 aromatic heterocycles. The lowest BCUT2D eigenvalue weighted by atomic mass is 10.1. The summed E-state index contributed by atoms with van der Waals surface area (Å²) in [5, 5.41) is 0. The van der Waals surface area contributed by atoms with Crippen molar-refractivity contribution >= 4 is 22.6 Å². The number of para-hydroxylation sites is 1. The molecule has 0 bridgehead atoms. The predicted octanol–water partition coefficient (Wildman–Crippen LogP) is 3.84. The lowest BCUT2D eigenvalue weighted by molar-refractivity contribution is 0.0503. The molecule has 0 saturated heterocycles. The summed E-state index contributed by atoms with van der Waals surface area (Å²) in [7, 11) is 1.70. The van der Waals surface area contributed by atoms with E-state index in [0.717, 1.165) is 22.3 Å². The van der Waals surface area contributed by atoms with Crippen molar-refractivity contribution in [1.29, 1.82) is 0 Å². The zero-order valence-corrected chi connectivity index (χ0v) is 12.2. The molecule has 90 valence electrons. The lowest BCUT2D eigenvalue weighted by Crippen LogP contribution is -2.11. The van der Waals surface area contributed by atoms with Crippen LogP contribution in [0, 0.1) is 5.92 Å². The minimum absolute atomic E-state index is 0.124. The summed E-state index contributed by atoms with van der Waals surface area (Å²) < 4.78 is 12.2. The second-order valence-corrected chi connectivity index (χ2v) is 4.99. The average molecular weight is 334 g/mol. The van der Waals surface area contributed by atoms with Gasteiger partial charge in [0.2, 0.25) is 0 Å². The Balaban J connectivity index is 2.77. The zero-order chi connectivity index (χ0) is 12.0. The number of alkyl halides is 1. The van der Waals surface area contributed by atoms with Gasteiger partial charge in [-0.15, -0.1) is 0 Å². The van der Waals surface area contributed by atoms with Gasteiger partial charge in [-0.25, -0.2) is 0 Å². The van der Waals surface area contributed by atoms with E-state index in [-0.39, 0.29) is 6.10 Å². The lowest BCUT2D eigenvalue weighted by Gasteiger charge is -2.19. The average Bonchev–Trinajstić information content (AvgIpc) is 2.30. The van der Waals surface area contributed by atoms with E-state index in [1.807, 2.05) is 18.2 Å². The van der Waals surface area contributed by atoms with Crippen molar-refractivity contribution < 1.29 is 9.47 Å². The summed E-state index contributed by atoms with van der Waals surface area (Å²) >= 11 is 2.35. The first kappa shape index (κ1) is 13.8. The van der Waals surface area contributed by atoms with Gasteiger partial charge in [-0.1, -0.05) is 54.6 Å². The fraction of sp³-hybridized carbons (Fsp3) is 0.538. The molecule has 0 fully saturated rings. The van der Waals surface area contributed by atoms with Crippen LogP contribution in [0.1, 0.15) is 25.5 Å². The Hall–Kier alpha value is -0.290. The van der Waals surface area contributed by atoms with Crippen LogP contribution < -0.4 is 4.74 Å². The summed E-state index contributed by atoms with van der Waals surface area (Å²) in [5.74, 6) is 1.47. The van der Waals surface area contributed by atoms with Crippen molar-refractivity contribution in [2.75, 3.05) is 18.1 Å². The molecule has 0 N–H and O–H groups in total. The summed E-state index contributed by atoms with van der Waals surface area (Å²) in [4.78, 5) is 0. The predicted molar refractivity (Wildman–Crippen MR) is 75.4 cm³/mol. The molecule has 1 aromatic rings. The van der Waals surface area contributed by atoms with Gasteiger partial charge in [0, 0.05) is 16.6 Å². The van der Waals surface area contributed by atoms with Gasteiger partial charge in [0.1, 0.15) is 5.75 Å².